The first kappa shape index (κ1) is 13.6. The maximum Gasteiger partial charge on any atom is -0.0471 e. The standard InChI is InChI=1S/C6H14.C5H12/c1-4-5-6(2)3;1-4-5(2)3/h6H,4-5H2,1-3H3;5H,4H2,1-3H3. The highest BCUT2D eigenvalue weighted by Gasteiger charge is 1.85. The van der Waals surface area contributed by atoms with Crippen LogP contribution < -0.4 is 0 Å². The van der Waals surface area contributed by atoms with Crippen LogP contribution in [-0.2, 0) is 0 Å². The minimum absolute atomic E-state index is 0.884. The topological polar surface area (TPSA) is 0 Å². The number of hydrogen-bond acceptors (Lipinski definition) is 0. The van der Waals surface area contributed by atoms with Gasteiger partial charge in [-0.25, -0.2) is 0 Å². The van der Waals surface area contributed by atoms with Crippen molar-refractivity contribution in [3.05, 3.63) is 0 Å². The van der Waals surface area contributed by atoms with E-state index in [4.69, 9.17) is 0 Å². The van der Waals surface area contributed by atoms with Gasteiger partial charge in [-0.2, -0.15) is 0 Å². The van der Waals surface area contributed by atoms with E-state index in [1.807, 2.05) is 0 Å². The van der Waals surface area contributed by atoms with Gasteiger partial charge < -0.3 is 0 Å². The quantitative estimate of drug-likeness (QED) is 0.567. The van der Waals surface area contributed by atoms with Crippen molar-refractivity contribution in [2.45, 2.75) is 60.8 Å². The van der Waals surface area contributed by atoms with Gasteiger partial charge in [0.2, 0.25) is 0 Å². The van der Waals surface area contributed by atoms with Gasteiger partial charge in [-0.15, -0.1) is 0 Å². The summed E-state index contributed by atoms with van der Waals surface area (Å²) in [5.41, 5.74) is 0. The number of hydrogen-bond donors (Lipinski definition) is 0. The van der Waals surface area contributed by atoms with Crippen molar-refractivity contribution in [3.8, 4) is 0 Å². The second-order valence-electron chi connectivity index (χ2n) is 3.98. The molecule has 0 heterocycles. The van der Waals surface area contributed by atoms with Gasteiger partial charge in [-0.05, 0) is 11.8 Å². The molecule has 0 aromatic rings. The van der Waals surface area contributed by atoms with E-state index in [0.29, 0.717) is 0 Å². The van der Waals surface area contributed by atoms with Crippen LogP contribution in [0.15, 0.2) is 0 Å². The molecule has 0 fully saturated rings. The minimum Gasteiger partial charge on any atom is -0.0654 e. The SMILES string of the molecule is CCC(C)C.CCCC(C)C. The fourth-order valence-electron chi connectivity index (χ4n) is 0.577. The Morgan fingerprint density at radius 3 is 1.18 bits per heavy atom. The Balaban J connectivity index is 0. The van der Waals surface area contributed by atoms with Gasteiger partial charge in [0.1, 0.15) is 0 Å². The molecule has 0 unspecified atom stereocenters. The average Bonchev–Trinajstić information content (AvgIpc) is 1.89. The van der Waals surface area contributed by atoms with E-state index in [1.165, 1.54) is 19.3 Å². The largest absolute Gasteiger partial charge is 0.0654 e. The summed E-state index contributed by atoms with van der Waals surface area (Å²) < 4.78 is 0. The first-order chi connectivity index (χ1) is 5.04. The molecule has 0 radical (unpaired) electrons. The molecule has 0 bridgehead atoms. The van der Waals surface area contributed by atoms with E-state index in [0.717, 1.165) is 11.8 Å². The van der Waals surface area contributed by atoms with Crippen LogP contribution in [0.2, 0.25) is 0 Å². The van der Waals surface area contributed by atoms with E-state index >= 15 is 0 Å². The third-order valence-electron chi connectivity index (χ3n) is 1.68. The minimum atomic E-state index is 0.884. The van der Waals surface area contributed by atoms with E-state index in [2.05, 4.69) is 41.5 Å². The van der Waals surface area contributed by atoms with Gasteiger partial charge in [0.15, 0.2) is 0 Å². The van der Waals surface area contributed by atoms with Crippen molar-refractivity contribution < 1.29 is 0 Å². The Labute approximate surface area is 73.4 Å². The highest BCUT2D eigenvalue weighted by atomic mass is 13.9. The molecule has 0 saturated carbocycles. The lowest BCUT2D eigenvalue weighted by Crippen LogP contribution is -1.81. The first-order valence-corrected chi connectivity index (χ1v) is 5.04. The molecule has 0 nitrogen and oxygen atoms in total. The molecule has 0 amide bonds. The first-order valence-electron chi connectivity index (χ1n) is 5.04. The van der Waals surface area contributed by atoms with Crippen LogP contribution in [0.25, 0.3) is 0 Å². The summed E-state index contributed by atoms with van der Waals surface area (Å²) in [4.78, 5) is 0. The lowest BCUT2D eigenvalue weighted by Gasteiger charge is -1.95. The average molecular weight is 158 g/mol. The monoisotopic (exact) mass is 158 g/mol. The zero-order valence-electron chi connectivity index (χ0n) is 9.28. The van der Waals surface area contributed by atoms with Gasteiger partial charge >= 0.3 is 0 Å². The van der Waals surface area contributed by atoms with Crippen LogP contribution >= 0.6 is 0 Å². The molecule has 0 aromatic heterocycles. The van der Waals surface area contributed by atoms with Crippen LogP contribution in [0, 0.1) is 11.8 Å². The predicted molar refractivity (Wildman–Crippen MR) is 54.9 cm³/mol. The molecule has 0 aliphatic carbocycles. The van der Waals surface area contributed by atoms with Crippen LogP contribution in [0.3, 0.4) is 0 Å². The van der Waals surface area contributed by atoms with Crippen molar-refractivity contribution >= 4 is 0 Å². The molecule has 0 rings (SSSR count). The van der Waals surface area contributed by atoms with Gasteiger partial charge in [0.05, 0.1) is 0 Å². The fraction of sp³-hybridized carbons (Fsp3) is 1.00. The Bertz CT molecular complexity index is 53.1. The van der Waals surface area contributed by atoms with E-state index in [-0.39, 0.29) is 0 Å². The molecule has 0 N–H and O–H groups in total. The molecule has 70 valence electrons. The second-order valence-corrected chi connectivity index (χ2v) is 3.98. The van der Waals surface area contributed by atoms with Gasteiger partial charge in [0.25, 0.3) is 0 Å². The van der Waals surface area contributed by atoms with Gasteiger partial charge in [-0.1, -0.05) is 60.8 Å². The van der Waals surface area contributed by atoms with Crippen LogP contribution in [-0.4, -0.2) is 0 Å². The van der Waals surface area contributed by atoms with Crippen molar-refractivity contribution in [3.63, 3.8) is 0 Å². The molecule has 0 atom stereocenters. The summed E-state index contributed by atoms with van der Waals surface area (Å²) in [7, 11) is 0. The third kappa shape index (κ3) is 25.6. The molecular weight excluding hydrogens is 132 g/mol. The highest BCUT2D eigenvalue weighted by molar-refractivity contribution is 4.38. The maximum atomic E-state index is 2.25. The second kappa shape index (κ2) is 10.0. The molecule has 0 spiro atoms. The predicted octanol–water partition coefficient (Wildman–Crippen LogP) is 4.49. The number of rotatable bonds is 3. The smallest absolute Gasteiger partial charge is 0.0471 e. The molecule has 0 aliphatic heterocycles. The Kier molecular flexibility index (Phi) is 12.3. The summed E-state index contributed by atoms with van der Waals surface area (Å²) >= 11 is 0. The summed E-state index contributed by atoms with van der Waals surface area (Å²) in [5.74, 6) is 1.78. The Morgan fingerprint density at radius 1 is 0.818 bits per heavy atom. The molecule has 11 heavy (non-hydrogen) atoms. The van der Waals surface area contributed by atoms with Gasteiger partial charge in [0, 0.05) is 0 Å². The Hall–Kier alpha value is 0. The van der Waals surface area contributed by atoms with Crippen molar-refractivity contribution in [1.82, 2.24) is 0 Å². The Morgan fingerprint density at radius 2 is 1.18 bits per heavy atom. The summed E-state index contributed by atoms with van der Waals surface area (Å²) in [5, 5.41) is 0. The lowest BCUT2D eigenvalue weighted by atomic mass is 10.1. The van der Waals surface area contributed by atoms with Crippen LogP contribution in [0.5, 0.6) is 0 Å². The molecule has 0 heteroatoms. The van der Waals surface area contributed by atoms with Gasteiger partial charge in [-0.3, -0.25) is 0 Å². The van der Waals surface area contributed by atoms with Crippen LogP contribution in [0.1, 0.15) is 60.8 Å². The fourth-order valence-corrected chi connectivity index (χ4v) is 0.577. The van der Waals surface area contributed by atoms with E-state index in [9.17, 15) is 0 Å². The van der Waals surface area contributed by atoms with E-state index in [1.54, 1.807) is 0 Å². The molecule has 0 aliphatic rings. The van der Waals surface area contributed by atoms with Crippen molar-refractivity contribution in [2.75, 3.05) is 0 Å². The summed E-state index contributed by atoms with van der Waals surface area (Å²) in [6.45, 7) is 13.4. The van der Waals surface area contributed by atoms with Crippen molar-refractivity contribution in [2.24, 2.45) is 11.8 Å². The lowest BCUT2D eigenvalue weighted by molar-refractivity contribution is 0.576. The molecular formula is C11H26. The molecule has 0 saturated heterocycles. The van der Waals surface area contributed by atoms with Crippen LogP contribution in [0.4, 0.5) is 0 Å². The third-order valence-corrected chi connectivity index (χ3v) is 1.68. The zero-order chi connectivity index (χ0) is 9.28. The maximum absolute atomic E-state index is 2.25. The molecule has 0 aromatic carbocycles. The highest BCUT2D eigenvalue weighted by Crippen LogP contribution is 2.00. The normalized spacial score (nSPS) is 9.82. The van der Waals surface area contributed by atoms with E-state index < -0.39 is 0 Å². The summed E-state index contributed by atoms with van der Waals surface area (Å²) in [6, 6.07) is 0. The zero-order valence-corrected chi connectivity index (χ0v) is 9.28. The summed E-state index contributed by atoms with van der Waals surface area (Å²) in [6.07, 6.45) is 4.01. The van der Waals surface area contributed by atoms with Crippen molar-refractivity contribution in [1.29, 1.82) is 0 Å².